The first-order valence-electron chi connectivity index (χ1n) is 6.53. The molecule has 0 unspecified atom stereocenters. The first-order chi connectivity index (χ1) is 11.6. The molecule has 0 aliphatic heterocycles. The second kappa shape index (κ2) is 9.11. The fourth-order valence-corrected chi connectivity index (χ4v) is 2.54. The Morgan fingerprint density at radius 3 is 2.36 bits per heavy atom. The van der Waals surface area contributed by atoms with Gasteiger partial charge in [0, 0.05) is 11.8 Å². The molecule has 8 nitrogen and oxygen atoms in total. The van der Waals surface area contributed by atoms with E-state index in [4.69, 9.17) is 15.7 Å². The third-order valence-corrected chi connectivity index (χ3v) is 4.29. The lowest BCUT2D eigenvalue weighted by Crippen LogP contribution is -2.03. The van der Waals surface area contributed by atoms with Gasteiger partial charge in [-0.05, 0) is 17.7 Å². The molecular formula is C14H14FN3O5S2. The van der Waals surface area contributed by atoms with E-state index in [-0.39, 0.29) is 5.17 Å². The number of rotatable bonds is 4. The number of hydrogen-bond donors (Lipinski definition) is 3. The van der Waals surface area contributed by atoms with Crippen molar-refractivity contribution in [1.29, 1.82) is 5.41 Å². The smallest absolute Gasteiger partial charge is 0.306 e. The Morgan fingerprint density at radius 2 is 1.88 bits per heavy atom. The van der Waals surface area contributed by atoms with E-state index in [1.807, 2.05) is 30.3 Å². The van der Waals surface area contributed by atoms with E-state index in [9.17, 15) is 22.9 Å². The van der Waals surface area contributed by atoms with Crippen LogP contribution in [0.5, 0.6) is 0 Å². The van der Waals surface area contributed by atoms with Crippen LogP contribution in [0.4, 0.5) is 10.1 Å². The number of benzene rings is 2. The number of halogens is 1. The van der Waals surface area contributed by atoms with Gasteiger partial charge in [-0.15, -0.1) is 0 Å². The van der Waals surface area contributed by atoms with E-state index in [2.05, 4.69) is 0 Å². The van der Waals surface area contributed by atoms with Crippen molar-refractivity contribution in [1.82, 2.24) is 0 Å². The van der Waals surface area contributed by atoms with Crippen molar-refractivity contribution >= 4 is 32.7 Å². The normalized spacial score (nSPS) is 10.5. The van der Waals surface area contributed by atoms with Gasteiger partial charge in [0.25, 0.3) is 10.1 Å². The maximum absolute atomic E-state index is 12.7. The molecule has 134 valence electrons. The Balaban J connectivity index is 0.000000257. The molecule has 0 saturated carbocycles. The number of hydrogen-bond acceptors (Lipinski definition) is 6. The molecule has 2 aromatic carbocycles. The van der Waals surface area contributed by atoms with Crippen LogP contribution < -0.4 is 5.73 Å². The molecule has 0 aliphatic rings. The molecule has 0 radical (unpaired) electrons. The van der Waals surface area contributed by atoms with Crippen molar-refractivity contribution in [3.63, 3.8) is 0 Å². The number of thioether (sulfide) groups is 1. The molecule has 2 rings (SSSR count). The molecule has 11 heteroatoms. The number of nitro groups is 1. The van der Waals surface area contributed by atoms with Crippen LogP contribution in [0.3, 0.4) is 0 Å². The van der Waals surface area contributed by atoms with Gasteiger partial charge in [-0.2, -0.15) is 12.8 Å². The molecule has 0 aliphatic carbocycles. The average Bonchev–Trinajstić information content (AvgIpc) is 2.53. The Morgan fingerprint density at radius 1 is 1.28 bits per heavy atom. The van der Waals surface area contributed by atoms with E-state index >= 15 is 0 Å². The van der Waals surface area contributed by atoms with Crippen molar-refractivity contribution in [3.05, 3.63) is 70.0 Å². The summed E-state index contributed by atoms with van der Waals surface area (Å²) in [5, 5.41) is 17.3. The SMILES string of the molecule is N=C(N)SCc1ccccc1.O=[N+]([O-])c1cc(S(=O)(=O)O)ccc1F. The second-order valence-electron chi connectivity index (χ2n) is 4.48. The van der Waals surface area contributed by atoms with E-state index in [0.717, 1.165) is 11.8 Å². The van der Waals surface area contributed by atoms with Crippen LogP contribution in [-0.2, 0) is 15.9 Å². The van der Waals surface area contributed by atoms with Crippen LogP contribution in [-0.4, -0.2) is 23.1 Å². The van der Waals surface area contributed by atoms with Crippen LogP contribution in [0, 0.1) is 21.3 Å². The molecule has 0 aromatic heterocycles. The van der Waals surface area contributed by atoms with E-state index < -0.39 is 31.4 Å². The number of amidine groups is 1. The Kier molecular flexibility index (Phi) is 7.48. The zero-order valence-electron chi connectivity index (χ0n) is 12.6. The van der Waals surface area contributed by atoms with Gasteiger partial charge in [0.1, 0.15) is 4.90 Å². The van der Waals surface area contributed by atoms with Gasteiger partial charge in [-0.1, -0.05) is 42.1 Å². The third kappa shape index (κ3) is 7.28. The Bertz CT molecular complexity index is 860. The summed E-state index contributed by atoms with van der Waals surface area (Å²) in [6.45, 7) is 0. The third-order valence-electron chi connectivity index (χ3n) is 2.65. The zero-order valence-corrected chi connectivity index (χ0v) is 14.3. The van der Waals surface area contributed by atoms with E-state index in [1.54, 1.807) is 0 Å². The summed E-state index contributed by atoms with van der Waals surface area (Å²) in [6, 6.07) is 11.8. The summed E-state index contributed by atoms with van der Waals surface area (Å²) in [6.07, 6.45) is 0. The van der Waals surface area contributed by atoms with Crippen LogP contribution >= 0.6 is 11.8 Å². The predicted molar refractivity (Wildman–Crippen MR) is 92.5 cm³/mol. The minimum absolute atomic E-state index is 0.175. The van der Waals surface area contributed by atoms with Crippen LogP contribution in [0.1, 0.15) is 5.56 Å². The molecule has 0 saturated heterocycles. The van der Waals surface area contributed by atoms with Gasteiger partial charge in [0.15, 0.2) is 5.17 Å². The molecule has 0 bridgehead atoms. The summed E-state index contributed by atoms with van der Waals surface area (Å²) >= 11 is 1.35. The standard InChI is InChI=1S/C8H10N2S.C6H4FNO5S/c9-8(10)11-6-7-4-2-1-3-5-7;7-5-2-1-4(14(11,12)13)3-6(5)8(9)10/h1-5H,6H2,(H3,9,10);1-3H,(H,11,12,13). The molecule has 4 N–H and O–H groups in total. The maximum Gasteiger partial charge on any atom is 0.306 e. The van der Waals surface area contributed by atoms with E-state index in [1.165, 1.54) is 17.3 Å². The van der Waals surface area contributed by atoms with Crippen molar-refractivity contribution in [2.75, 3.05) is 0 Å². The highest BCUT2D eigenvalue weighted by Crippen LogP contribution is 2.21. The average molecular weight is 387 g/mol. The largest absolute Gasteiger partial charge is 0.379 e. The minimum Gasteiger partial charge on any atom is -0.379 e. The number of nitrogens with one attached hydrogen (secondary N) is 1. The first kappa shape index (κ1) is 20.5. The predicted octanol–water partition coefficient (Wildman–Crippen LogP) is 2.79. The van der Waals surface area contributed by atoms with Gasteiger partial charge in [-0.25, -0.2) is 0 Å². The molecule has 0 spiro atoms. The summed E-state index contributed by atoms with van der Waals surface area (Å²) < 4.78 is 42.3. The minimum atomic E-state index is -4.55. The van der Waals surface area contributed by atoms with Gasteiger partial charge < -0.3 is 5.73 Å². The quantitative estimate of drug-likeness (QED) is 0.240. The van der Waals surface area contributed by atoms with Crippen LogP contribution in [0.2, 0.25) is 0 Å². The lowest BCUT2D eigenvalue weighted by molar-refractivity contribution is -0.387. The highest BCUT2D eigenvalue weighted by molar-refractivity contribution is 8.13. The lowest BCUT2D eigenvalue weighted by Gasteiger charge is -1.97. The number of nitrogens with zero attached hydrogens (tertiary/aromatic N) is 1. The van der Waals surface area contributed by atoms with Gasteiger partial charge >= 0.3 is 5.69 Å². The fraction of sp³-hybridized carbons (Fsp3) is 0.0714. The second-order valence-corrected chi connectivity index (χ2v) is 6.92. The summed E-state index contributed by atoms with van der Waals surface area (Å²) in [4.78, 5) is 8.39. The molecule has 25 heavy (non-hydrogen) atoms. The Labute approximate surface area is 147 Å². The van der Waals surface area contributed by atoms with Crippen molar-refractivity contribution in [2.45, 2.75) is 10.6 Å². The van der Waals surface area contributed by atoms with Gasteiger partial charge in [0.05, 0.1) is 4.92 Å². The van der Waals surface area contributed by atoms with E-state index in [0.29, 0.717) is 12.1 Å². The summed E-state index contributed by atoms with van der Waals surface area (Å²) in [5.74, 6) is -0.377. The van der Waals surface area contributed by atoms with Crippen LogP contribution in [0.25, 0.3) is 0 Å². The topological polar surface area (TPSA) is 147 Å². The Hall–Kier alpha value is -2.50. The molecule has 0 fully saturated rings. The highest BCUT2D eigenvalue weighted by Gasteiger charge is 2.19. The fourth-order valence-electron chi connectivity index (χ4n) is 1.53. The summed E-state index contributed by atoms with van der Waals surface area (Å²) in [5.41, 5.74) is 5.39. The van der Waals surface area contributed by atoms with Crippen LogP contribution in [0.15, 0.2) is 53.4 Å². The first-order valence-corrected chi connectivity index (χ1v) is 8.96. The molecule has 0 atom stereocenters. The monoisotopic (exact) mass is 387 g/mol. The number of nitrogens with two attached hydrogens (primary N) is 1. The van der Waals surface area contributed by atoms with Gasteiger partial charge in [0.2, 0.25) is 5.82 Å². The van der Waals surface area contributed by atoms with Crippen molar-refractivity contribution in [3.8, 4) is 0 Å². The highest BCUT2D eigenvalue weighted by atomic mass is 32.2. The molecule has 0 heterocycles. The molecular weight excluding hydrogens is 373 g/mol. The maximum atomic E-state index is 12.7. The summed E-state index contributed by atoms with van der Waals surface area (Å²) in [7, 11) is -4.55. The number of nitro benzene ring substituents is 1. The zero-order chi connectivity index (χ0) is 19.0. The molecule has 0 amide bonds. The van der Waals surface area contributed by atoms with Crippen molar-refractivity contribution in [2.24, 2.45) is 5.73 Å². The van der Waals surface area contributed by atoms with Gasteiger partial charge in [-0.3, -0.25) is 20.1 Å². The van der Waals surface area contributed by atoms with Crippen molar-refractivity contribution < 1.29 is 22.3 Å². The molecule has 2 aromatic rings. The lowest BCUT2D eigenvalue weighted by atomic mass is 10.2.